The van der Waals surface area contributed by atoms with Crippen LogP contribution < -0.4 is 0 Å². The van der Waals surface area contributed by atoms with E-state index in [2.05, 4.69) is 74.3 Å². The van der Waals surface area contributed by atoms with Crippen molar-refractivity contribution in [3.63, 3.8) is 0 Å². The van der Waals surface area contributed by atoms with Crippen molar-refractivity contribution in [1.29, 1.82) is 0 Å². The predicted octanol–water partition coefficient (Wildman–Crippen LogP) is 0.128. The number of aliphatic hydroxyl groups is 20. The molecule has 43 heteroatoms. The third kappa shape index (κ3) is 24.8. The summed E-state index contributed by atoms with van der Waals surface area (Å²) in [5, 5.41) is 223. The summed E-state index contributed by atoms with van der Waals surface area (Å²) in [6.07, 6.45) is -44.4. The van der Waals surface area contributed by atoms with Gasteiger partial charge in [-0.3, -0.25) is 4.79 Å². The number of aliphatic hydroxyl groups excluding tert-OH is 18. The van der Waals surface area contributed by atoms with Gasteiger partial charge in [-0.1, -0.05) is 96.6 Å². The van der Waals surface area contributed by atoms with Crippen LogP contribution in [0.5, 0.6) is 0 Å². The highest BCUT2D eigenvalue weighted by atomic mass is 16.8. The summed E-state index contributed by atoms with van der Waals surface area (Å²) in [6.45, 7) is 33.4. The van der Waals surface area contributed by atoms with Gasteiger partial charge in [0.05, 0.1) is 74.1 Å². The monoisotopic (exact) mass is 2090 g/mol. The van der Waals surface area contributed by atoms with E-state index in [0.29, 0.717) is 51.4 Å². The maximum absolute atomic E-state index is 16.8. The van der Waals surface area contributed by atoms with Crippen LogP contribution >= 0.6 is 0 Å². The number of fused-ring (bicyclic) bond motifs is 7. The van der Waals surface area contributed by atoms with Crippen LogP contribution in [-0.4, -0.2) is 410 Å². The Morgan fingerprint density at radius 2 is 0.897 bits per heavy atom. The molecule has 0 radical (unpaired) electrons. The van der Waals surface area contributed by atoms with Gasteiger partial charge in [0.2, 0.25) is 6.29 Å². The van der Waals surface area contributed by atoms with Gasteiger partial charge in [-0.25, -0.2) is 14.4 Å². The molecule has 13 aliphatic rings. The topological polar surface area (TPSA) is 648 Å². The fourth-order valence-corrected chi connectivity index (χ4v) is 24.2. The van der Waals surface area contributed by atoms with Gasteiger partial charge >= 0.3 is 23.9 Å². The number of carbonyl (C=O) groups is 4. The predicted molar refractivity (Wildman–Crippen MR) is 505 cm³/mol. The molecule has 43 nitrogen and oxygen atoms in total. The number of hydrogen-bond acceptors (Lipinski definition) is 43. The molecule has 20 N–H and O–H groups in total. The van der Waals surface area contributed by atoms with Gasteiger partial charge in [0.15, 0.2) is 62.3 Å². The number of carbonyl (C=O) groups excluding carboxylic acids is 4. The highest BCUT2D eigenvalue weighted by molar-refractivity contribution is 5.89. The maximum atomic E-state index is 16.8. The normalized spacial score (nSPS) is 45.5. The third-order valence-corrected chi connectivity index (χ3v) is 34.2. The lowest BCUT2D eigenvalue weighted by Gasteiger charge is -2.71. The van der Waals surface area contributed by atoms with E-state index in [0.717, 1.165) is 5.57 Å². The van der Waals surface area contributed by atoms with E-state index in [1.807, 2.05) is 0 Å². The number of allylic oxidation sites excluding steroid dienone is 5. The highest BCUT2D eigenvalue weighted by Gasteiger charge is 2.71. The molecule has 146 heavy (non-hydrogen) atoms. The first-order chi connectivity index (χ1) is 68.3. The van der Waals surface area contributed by atoms with Gasteiger partial charge in [0, 0.05) is 16.7 Å². The lowest BCUT2D eigenvalue weighted by atomic mass is 9.33. The van der Waals surface area contributed by atoms with Crippen LogP contribution in [-0.2, 0) is 109 Å². The van der Waals surface area contributed by atoms with Crippen molar-refractivity contribution in [2.24, 2.45) is 50.2 Å². The summed E-state index contributed by atoms with van der Waals surface area (Å²) in [5.41, 5.74) is -6.62. The summed E-state index contributed by atoms with van der Waals surface area (Å²) >= 11 is 0. The second-order valence-corrected chi connectivity index (χ2v) is 45.4. The fourth-order valence-electron chi connectivity index (χ4n) is 24.2. The minimum Gasteiger partial charge on any atom is -0.459 e. The molecule has 0 aromatic rings. The SMILES string of the molecule is C=CC(C)(O)CCC=C(C)C(=O)OC1C(OC(C)(C=C)CCC=C(C)C(=O)OCC2OC(OC(=O)C34CCC(C)(C)CC3C3=CCC5C6(C)CCC(OC7OC(COC8OCC(O)C(O)C8OC8OCC(O)C(O)C8O)C(O)C(O)C7O)C(C)(C)C6CCC5(C)C3(C)CC4)C(OC3OC(C)C(OC4OCC(O)C(OC5OCC(O)C(O)C5O)C4O)C(O)C3O)C(OC(=O)C(C)=CCCC(C)(O)C=C)C2O)OCC(O)C1O. The summed E-state index contributed by atoms with van der Waals surface area (Å²) in [5.74, 6) is -4.24. The minimum absolute atomic E-state index is 0.00210. The lowest BCUT2D eigenvalue weighted by molar-refractivity contribution is -0.379. The van der Waals surface area contributed by atoms with Crippen molar-refractivity contribution in [1.82, 2.24) is 0 Å². The largest absolute Gasteiger partial charge is 0.459 e. The second-order valence-electron chi connectivity index (χ2n) is 45.4. The zero-order chi connectivity index (χ0) is 107. The van der Waals surface area contributed by atoms with Crippen LogP contribution in [0.15, 0.2) is 84.6 Å². The Morgan fingerprint density at radius 1 is 0.425 bits per heavy atom. The molecule has 0 bridgehead atoms. The van der Waals surface area contributed by atoms with Crippen LogP contribution in [0.3, 0.4) is 0 Å². The molecular weight excluding hydrogens is 1930 g/mol. The van der Waals surface area contributed by atoms with Crippen molar-refractivity contribution >= 4 is 23.9 Å². The molecule has 830 valence electrons. The van der Waals surface area contributed by atoms with E-state index >= 15 is 4.79 Å². The average molecular weight is 2090 g/mol. The van der Waals surface area contributed by atoms with Crippen molar-refractivity contribution in [3.8, 4) is 0 Å². The highest BCUT2D eigenvalue weighted by Crippen LogP contribution is 2.76. The van der Waals surface area contributed by atoms with Gasteiger partial charge in [-0.2, -0.15) is 0 Å². The van der Waals surface area contributed by atoms with Crippen LogP contribution in [0.1, 0.15) is 200 Å². The van der Waals surface area contributed by atoms with Crippen LogP contribution in [0.4, 0.5) is 0 Å². The average Bonchev–Trinajstić information content (AvgIpc) is 0.672. The first kappa shape index (κ1) is 118. The smallest absolute Gasteiger partial charge is 0.333 e. The van der Waals surface area contributed by atoms with E-state index < -0.39 is 336 Å². The van der Waals surface area contributed by atoms with Crippen molar-refractivity contribution in [2.45, 2.75) is 438 Å². The minimum atomic E-state index is -2.21. The quantitative estimate of drug-likeness (QED) is 0.0130. The first-order valence-electron chi connectivity index (χ1n) is 51.1. The Balaban J connectivity index is 0.766. The molecule has 0 amide bonds. The summed E-state index contributed by atoms with van der Waals surface area (Å²) in [4.78, 5) is 59.7. The number of hydrogen-bond donors (Lipinski definition) is 20. The molecule has 13 rings (SSSR count). The molecule has 12 fully saturated rings. The first-order valence-corrected chi connectivity index (χ1v) is 51.1. The van der Waals surface area contributed by atoms with Crippen molar-refractivity contribution in [3.05, 3.63) is 84.6 Å². The van der Waals surface area contributed by atoms with Gasteiger partial charge in [-0.05, 0) is 196 Å². The Hall–Kier alpha value is -5.34. The van der Waals surface area contributed by atoms with Gasteiger partial charge < -0.3 is 192 Å². The van der Waals surface area contributed by atoms with Gasteiger partial charge in [-0.15, -0.1) is 19.7 Å². The Morgan fingerprint density at radius 3 is 1.48 bits per heavy atom. The number of esters is 4. The van der Waals surface area contributed by atoms with E-state index in [9.17, 15) is 117 Å². The summed E-state index contributed by atoms with van der Waals surface area (Å²) < 4.78 is 116. The fraction of sp³-hybridized carbons (Fsp3) is 0.825. The van der Waals surface area contributed by atoms with Crippen LogP contribution in [0.25, 0.3) is 0 Å². The maximum Gasteiger partial charge on any atom is 0.333 e. The summed E-state index contributed by atoms with van der Waals surface area (Å²) in [7, 11) is 0. The standard InChI is InChI=1S/C103H160O43/c1-18-97(12,126)31-21-24-49(5)84(123)139-79-69(114)60(46-128-83(122)48(4)26-23-33-99(14,20-3)146-92-81(67(112)57(107)44-133-92)140-85(124)50(6)25-22-32-98(13,127)19-2)137-93(82(79)144-89-75(120)71(116)77(51(7)135-89)141-88-76(121)78(58(108)45-131-88)142-86-72(117)64(109)54(104)41-129-86)145-94(125)103-38-36-95(8,9)40-53(103)52-27-28-62-100(15)34-30-63(96(10,11)61(100)29-35-102(62,17)101(52,16)37-39-103)138-90-74(119)70(115)68(113)59(136-90)47-134-91-80(66(111)56(106)43-132-91)143-87-73(118)65(110)55(105)42-130-87/h18-20,24-27,51,53-82,86-93,104-121,126-127H,1-3,21-23,28-47H2,4-17H3. The Bertz CT molecular complexity index is 4580. The molecule has 4 saturated carbocycles. The zero-order valence-electron chi connectivity index (χ0n) is 85.8. The van der Waals surface area contributed by atoms with Crippen LogP contribution in [0.2, 0.25) is 0 Å². The third-order valence-electron chi connectivity index (χ3n) is 34.2. The van der Waals surface area contributed by atoms with Crippen LogP contribution in [0, 0.1) is 50.2 Å². The van der Waals surface area contributed by atoms with E-state index in [4.69, 9.17) is 90.0 Å². The number of ether oxygens (including phenoxy) is 19. The van der Waals surface area contributed by atoms with Crippen molar-refractivity contribution in [2.75, 3.05) is 46.2 Å². The lowest BCUT2D eigenvalue weighted by Crippen LogP contribution is -2.67. The molecular formula is C103H160O43. The molecule has 0 aromatic carbocycles. The van der Waals surface area contributed by atoms with E-state index in [1.165, 1.54) is 65.0 Å². The molecule has 0 aromatic heterocycles. The molecule has 8 saturated heterocycles. The molecule has 5 aliphatic carbocycles. The van der Waals surface area contributed by atoms with Gasteiger partial charge in [0.25, 0.3) is 0 Å². The number of rotatable bonds is 36. The zero-order valence-corrected chi connectivity index (χ0v) is 85.8. The van der Waals surface area contributed by atoms with E-state index in [1.54, 1.807) is 19.9 Å². The summed E-state index contributed by atoms with van der Waals surface area (Å²) in [6, 6.07) is 0. The molecule has 8 heterocycles. The molecule has 46 unspecified atom stereocenters. The van der Waals surface area contributed by atoms with E-state index in [-0.39, 0.29) is 90.8 Å². The molecule has 46 atom stereocenters. The second kappa shape index (κ2) is 47.1. The molecule has 0 spiro atoms. The van der Waals surface area contributed by atoms with Crippen molar-refractivity contribution < 1.29 is 211 Å². The Kier molecular flexibility index (Phi) is 38.0. The Labute approximate surface area is 850 Å². The van der Waals surface area contributed by atoms with Gasteiger partial charge in [0.1, 0.15) is 147 Å². The molecule has 8 aliphatic heterocycles.